The fourth-order valence-electron chi connectivity index (χ4n) is 2.22. The summed E-state index contributed by atoms with van der Waals surface area (Å²) in [6, 6.07) is 0. The Morgan fingerprint density at radius 3 is 1.83 bits per heavy atom. The standard InChI is InChI=1S/C15H27BrN2/c16-11-9-7-5-3-1-2-4-6-8-10-13-18-14-12-17-15-18/h12,14-15H,1-11,13H2. The fraction of sp³-hybridized carbons (Fsp3) is 0.800. The van der Waals surface area contributed by atoms with Gasteiger partial charge < -0.3 is 4.57 Å². The highest BCUT2D eigenvalue weighted by molar-refractivity contribution is 9.09. The zero-order chi connectivity index (χ0) is 12.9. The van der Waals surface area contributed by atoms with E-state index in [1.165, 1.54) is 69.5 Å². The molecule has 0 aliphatic carbocycles. The molecule has 0 aromatic carbocycles. The lowest BCUT2D eigenvalue weighted by Gasteiger charge is -2.03. The Hall–Kier alpha value is -0.310. The van der Waals surface area contributed by atoms with Crippen LogP contribution >= 0.6 is 15.9 Å². The van der Waals surface area contributed by atoms with E-state index in [4.69, 9.17) is 0 Å². The Bertz CT molecular complexity index is 259. The van der Waals surface area contributed by atoms with Crippen molar-refractivity contribution in [3.8, 4) is 0 Å². The average Bonchev–Trinajstić information content (AvgIpc) is 2.89. The number of aromatic nitrogens is 2. The molecule has 1 heterocycles. The maximum Gasteiger partial charge on any atom is 0.0945 e. The van der Waals surface area contributed by atoms with Crippen LogP contribution in [-0.2, 0) is 6.54 Å². The number of rotatable bonds is 12. The summed E-state index contributed by atoms with van der Waals surface area (Å²) in [5.74, 6) is 0. The van der Waals surface area contributed by atoms with Gasteiger partial charge in [0.25, 0.3) is 0 Å². The average molecular weight is 315 g/mol. The lowest BCUT2D eigenvalue weighted by atomic mass is 10.1. The minimum Gasteiger partial charge on any atom is -0.337 e. The van der Waals surface area contributed by atoms with Gasteiger partial charge in [-0.1, -0.05) is 67.3 Å². The van der Waals surface area contributed by atoms with Gasteiger partial charge in [0, 0.05) is 24.3 Å². The smallest absolute Gasteiger partial charge is 0.0945 e. The second kappa shape index (κ2) is 11.8. The molecule has 3 heteroatoms. The molecule has 0 aliphatic heterocycles. The molecule has 2 nitrogen and oxygen atoms in total. The second-order valence-corrected chi connectivity index (χ2v) is 5.82. The van der Waals surface area contributed by atoms with E-state index in [-0.39, 0.29) is 0 Å². The van der Waals surface area contributed by atoms with Crippen molar-refractivity contribution < 1.29 is 0 Å². The van der Waals surface area contributed by atoms with Crippen molar-refractivity contribution in [1.82, 2.24) is 9.55 Å². The number of imidazole rings is 1. The molecule has 0 N–H and O–H groups in total. The van der Waals surface area contributed by atoms with E-state index in [1.54, 1.807) is 0 Å². The van der Waals surface area contributed by atoms with Crippen LogP contribution in [0.5, 0.6) is 0 Å². The van der Waals surface area contributed by atoms with Crippen LogP contribution in [0.2, 0.25) is 0 Å². The summed E-state index contributed by atoms with van der Waals surface area (Å²) >= 11 is 3.48. The molecule has 0 bridgehead atoms. The minimum atomic E-state index is 1.13. The molecule has 0 fully saturated rings. The SMILES string of the molecule is BrCCCCCCCCCCCCn1ccnc1. The van der Waals surface area contributed by atoms with Crippen LogP contribution in [0.15, 0.2) is 18.7 Å². The monoisotopic (exact) mass is 314 g/mol. The van der Waals surface area contributed by atoms with Crippen molar-refractivity contribution in [1.29, 1.82) is 0 Å². The Balaban J connectivity index is 1.73. The Morgan fingerprint density at radius 2 is 1.33 bits per heavy atom. The summed E-state index contributed by atoms with van der Waals surface area (Å²) in [6.45, 7) is 1.13. The van der Waals surface area contributed by atoms with Gasteiger partial charge in [0.1, 0.15) is 0 Å². The maximum absolute atomic E-state index is 4.05. The summed E-state index contributed by atoms with van der Waals surface area (Å²) in [7, 11) is 0. The van der Waals surface area contributed by atoms with Crippen molar-refractivity contribution in [3.63, 3.8) is 0 Å². The molecule has 1 aromatic heterocycles. The summed E-state index contributed by atoms with van der Waals surface area (Å²) in [6.07, 6.45) is 19.7. The van der Waals surface area contributed by atoms with Crippen molar-refractivity contribution in [3.05, 3.63) is 18.7 Å². The summed E-state index contributed by atoms with van der Waals surface area (Å²) < 4.78 is 2.17. The topological polar surface area (TPSA) is 17.8 Å². The third-order valence-corrected chi connectivity index (χ3v) is 3.92. The first kappa shape index (κ1) is 15.7. The lowest BCUT2D eigenvalue weighted by Crippen LogP contribution is -1.93. The van der Waals surface area contributed by atoms with Crippen LogP contribution in [0.1, 0.15) is 64.2 Å². The first-order valence-electron chi connectivity index (χ1n) is 7.45. The highest BCUT2D eigenvalue weighted by Gasteiger charge is 1.94. The van der Waals surface area contributed by atoms with Crippen LogP contribution in [0.25, 0.3) is 0 Å². The zero-order valence-electron chi connectivity index (χ0n) is 11.5. The van der Waals surface area contributed by atoms with Crippen molar-refractivity contribution >= 4 is 15.9 Å². The molecule has 104 valence electrons. The zero-order valence-corrected chi connectivity index (χ0v) is 13.1. The Morgan fingerprint density at radius 1 is 0.778 bits per heavy atom. The molecule has 1 aromatic rings. The largest absolute Gasteiger partial charge is 0.337 e. The van der Waals surface area contributed by atoms with Crippen LogP contribution in [0.4, 0.5) is 0 Å². The second-order valence-electron chi connectivity index (χ2n) is 5.03. The summed E-state index contributed by atoms with van der Waals surface area (Å²) in [5.41, 5.74) is 0. The lowest BCUT2D eigenvalue weighted by molar-refractivity contribution is 0.535. The van der Waals surface area contributed by atoms with Gasteiger partial charge in [-0.15, -0.1) is 0 Å². The quantitative estimate of drug-likeness (QED) is 0.384. The first-order valence-corrected chi connectivity index (χ1v) is 8.57. The predicted molar refractivity (Wildman–Crippen MR) is 82.2 cm³/mol. The van der Waals surface area contributed by atoms with E-state index in [9.17, 15) is 0 Å². The molecule has 18 heavy (non-hydrogen) atoms. The number of alkyl halides is 1. The number of hydrogen-bond acceptors (Lipinski definition) is 1. The Labute approximate surface area is 120 Å². The van der Waals surface area contributed by atoms with Gasteiger partial charge in [0.2, 0.25) is 0 Å². The van der Waals surface area contributed by atoms with Gasteiger partial charge in [-0.2, -0.15) is 0 Å². The predicted octanol–water partition coefficient (Wildman–Crippen LogP) is 5.18. The third-order valence-electron chi connectivity index (χ3n) is 3.36. The highest BCUT2D eigenvalue weighted by Crippen LogP contribution is 2.11. The molecule has 0 unspecified atom stereocenters. The van der Waals surface area contributed by atoms with E-state index in [1.807, 2.05) is 18.7 Å². The van der Waals surface area contributed by atoms with Gasteiger partial charge >= 0.3 is 0 Å². The van der Waals surface area contributed by atoms with Gasteiger partial charge in [-0.25, -0.2) is 4.98 Å². The number of aryl methyl sites for hydroxylation is 1. The van der Waals surface area contributed by atoms with Gasteiger partial charge in [-0.3, -0.25) is 0 Å². The van der Waals surface area contributed by atoms with Crippen LogP contribution in [0.3, 0.4) is 0 Å². The summed E-state index contributed by atoms with van der Waals surface area (Å²) in [5, 5.41) is 1.17. The van der Waals surface area contributed by atoms with Crippen LogP contribution in [0, 0.1) is 0 Å². The summed E-state index contributed by atoms with van der Waals surface area (Å²) in [4.78, 5) is 4.05. The van der Waals surface area contributed by atoms with E-state index < -0.39 is 0 Å². The van der Waals surface area contributed by atoms with Gasteiger partial charge in [0.05, 0.1) is 6.33 Å². The first-order chi connectivity index (χ1) is 8.93. The van der Waals surface area contributed by atoms with Gasteiger partial charge in [-0.05, 0) is 12.8 Å². The number of hydrogen-bond donors (Lipinski definition) is 0. The highest BCUT2D eigenvalue weighted by atomic mass is 79.9. The molecule has 0 saturated carbocycles. The normalized spacial score (nSPS) is 10.9. The molecular weight excluding hydrogens is 288 g/mol. The van der Waals surface area contributed by atoms with E-state index in [0.717, 1.165) is 6.54 Å². The third kappa shape index (κ3) is 8.73. The van der Waals surface area contributed by atoms with Crippen molar-refractivity contribution in [2.75, 3.05) is 5.33 Å². The molecule has 0 saturated heterocycles. The molecule has 0 amide bonds. The molecule has 0 spiro atoms. The van der Waals surface area contributed by atoms with E-state index in [2.05, 4.69) is 25.5 Å². The minimum absolute atomic E-state index is 1.13. The van der Waals surface area contributed by atoms with Crippen LogP contribution in [-0.4, -0.2) is 14.9 Å². The molecule has 0 atom stereocenters. The van der Waals surface area contributed by atoms with Crippen LogP contribution < -0.4 is 0 Å². The van der Waals surface area contributed by atoms with E-state index >= 15 is 0 Å². The number of halogens is 1. The Kier molecular flexibility index (Phi) is 10.3. The van der Waals surface area contributed by atoms with E-state index in [0.29, 0.717) is 0 Å². The molecular formula is C15H27BrN2. The molecule has 0 aliphatic rings. The van der Waals surface area contributed by atoms with Gasteiger partial charge in [0.15, 0.2) is 0 Å². The number of nitrogens with zero attached hydrogens (tertiary/aromatic N) is 2. The molecule has 1 rings (SSSR count). The van der Waals surface area contributed by atoms with Crippen molar-refractivity contribution in [2.24, 2.45) is 0 Å². The van der Waals surface area contributed by atoms with Crippen molar-refractivity contribution in [2.45, 2.75) is 70.8 Å². The number of unbranched alkanes of at least 4 members (excludes halogenated alkanes) is 9. The maximum atomic E-state index is 4.05. The molecule has 0 radical (unpaired) electrons. The fourth-order valence-corrected chi connectivity index (χ4v) is 2.62.